The van der Waals surface area contributed by atoms with Crippen molar-refractivity contribution in [2.75, 3.05) is 48.5 Å². The van der Waals surface area contributed by atoms with Crippen LogP contribution in [-0.4, -0.2) is 55.4 Å². The van der Waals surface area contributed by atoms with E-state index in [0.29, 0.717) is 44.2 Å². The van der Waals surface area contributed by atoms with Crippen molar-refractivity contribution >= 4 is 35.0 Å². The smallest absolute Gasteiger partial charge is 0.379 e. The van der Waals surface area contributed by atoms with Crippen LogP contribution in [0.5, 0.6) is 0 Å². The molecule has 2 aromatic carbocycles. The fourth-order valence-corrected chi connectivity index (χ4v) is 5.82. The highest BCUT2D eigenvalue weighted by molar-refractivity contribution is 8.02. The first-order valence-corrected chi connectivity index (χ1v) is 11.2. The minimum atomic E-state index is -4.56. The normalized spacial score (nSPS) is 24.0. The lowest BCUT2D eigenvalue weighted by atomic mass is 10.0. The summed E-state index contributed by atoms with van der Waals surface area (Å²) < 4.78 is 45.5. The van der Waals surface area contributed by atoms with E-state index in [1.54, 1.807) is 17.0 Å². The van der Waals surface area contributed by atoms with Gasteiger partial charge in [0.05, 0.1) is 36.9 Å². The lowest BCUT2D eigenvalue weighted by Crippen LogP contribution is -2.52. The first kappa shape index (κ1) is 21.3. The second-order valence-electron chi connectivity index (χ2n) is 7.83. The van der Waals surface area contributed by atoms with Crippen molar-refractivity contribution in [2.24, 2.45) is 0 Å². The van der Waals surface area contributed by atoms with Crippen molar-refractivity contribution in [1.29, 1.82) is 0 Å². The standard InChI is InChI=1S/C22H20F3N3O3S/c23-22(24,25)15-4-3-5-16(12-15)28-19(29)13-32-21(28)17-6-1-2-7-18(17)27(20(21)30)14-26-8-10-31-11-9-26/h1-7,12H,8-11,13-14H2. The Kier molecular flexibility index (Phi) is 5.18. The zero-order chi connectivity index (χ0) is 22.5. The predicted octanol–water partition coefficient (Wildman–Crippen LogP) is 3.27. The predicted molar refractivity (Wildman–Crippen MR) is 114 cm³/mol. The van der Waals surface area contributed by atoms with Crippen LogP contribution in [0, 0.1) is 0 Å². The molecule has 168 valence electrons. The number of rotatable bonds is 3. The average Bonchev–Trinajstić information content (AvgIpc) is 3.25. The third kappa shape index (κ3) is 3.28. The van der Waals surface area contributed by atoms with E-state index in [9.17, 15) is 22.8 Å². The Morgan fingerprint density at radius 1 is 1.03 bits per heavy atom. The zero-order valence-corrected chi connectivity index (χ0v) is 17.8. The molecule has 5 rings (SSSR count). The number of para-hydroxylation sites is 1. The summed E-state index contributed by atoms with van der Waals surface area (Å²) in [6, 6.07) is 11.8. The number of morpholine rings is 1. The number of thioether (sulfide) groups is 1. The van der Waals surface area contributed by atoms with Crippen LogP contribution in [0.1, 0.15) is 11.1 Å². The fraction of sp³-hybridized carbons (Fsp3) is 0.364. The molecule has 2 aromatic rings. The van der Waals surface area contributed by atoms with Crippen LogP contribution in [-0.2, 0) is 25.4 Å². The van der Waals surface area contributed by atoms with Gasteiger partial charge in [0, 0.05) is 24.3 Å². The van der Waals surface area contributed by atoms with Gasteiger partial charge in [-0.25, -0.2) is 0 Å². The molecule has 0 aromatic heterocycles. The maximum Gasteiger partial charge on any atom is 0.416 e. The van der Waals surface area contributed by atoms with Gasteiger partial charge in [-0.15, -0.1) is 11.8 Å². The SMILES string of the molecule is O=C1CSC2(C(=O)N(CN3CCOCC3)c3ccccc32)N1c1cccc(C(F)(F)F)c1. The van der Waals surface area contributed by atoms with Crippen LogP contribution in [0.15, 0.2) is 48.5 Å². The van der Waals surface area contributed by atoms with Gasteiger partial charge < -0.3 is 4.74 Å². The Morgan fingerprint density at radius 2 is 1.78 bits per heavy atom. The second-order valence-corrected chi connectivity index (χ2v) is 9.00. The van der Waals surface area contributed by atoms with E-state index >= 15 is 0 Å². The third-order valence-electron chi connectivity index (χ3n) is 5.94. The van der Waals surface area contributed by atoms with E-state index in [4.69, 9.17) is 4.74 Å². The molecule has 0 aliphatic carbocycles. The number of amides is 2. The number of ether oxygens (including phenoxy) is 1. The maximum absolute atomic E-state index is 13.9. The van der Waals surface area contributed by atoms with Crippen LogP contribution in [0.3, 0.4) is 0 Å². The monoisotopic (exact) mass is 463 g/mol. The molecule has 1 unspecified atom stereocenters. The van der Waals surface area contributed by atoms with Gasteiger partial charge in [-0.2, -0.15) is 13.2 Å². The van der Waals surface area contributed by atoms with Gasteiger partial charge in [-0.1, -0.05) is 24.3 Å². The Hall–Kier alpha value is -2.56. The molecule has 2 fully saturated rings. The van der Waals surface area contributed by atoms with Gasteiger partial charge in [0.25, 0.3) is 5.91 Å². The first-order chi connectivity index (χ1) is 15.3. The molecule has 3 heterocycles. The summed E-state index contributed by atoms with van der Waals surface area (Å²) in [5.74, 6) is -0.717. The number of benzene rings is 2. The number of carbonyl (C=O) groups is 2. The van der Waals surface area contributed by atoms with E-state index in [1.807, 2.05) is 12.1 Å². The van der Waals surface area contributed by atoms with Gasteiger partial charge in [0.15, 0.2) is 0 Å². The molecule has 3 aliphatic heterocycles. The number of nitrogens with zero attached hydrogens (tertiary/aromatic N) is 3. The van der Waals surface area contributed by atoms with Gasteiger partial charge in [-0.3, -0.25) is 24.3 Å². The Morgan fingerprint density at radius 3 is 2.53 bits per heavy atom. The summed E-state index contributed by atoms with van der Waals surface area (Å²) >= 11 is 1.15. The third-order valence-corrected chi connectivity index (χ3v) is 7.33. The lowest BCUT2D eigenvalue weighted by molar-refractivity contribution is -0.137. The van der Waals surface area contributed by atoms with Crippen molar-refractivity contribution in [1.82, 2.24) is 4.90 Å². The van der Waals surface area contributed by atoms with Crippen molar-refractivity contribution < 1.29 is 27.5 Å². The molecule has 2 amide bonds. The van der Waals surface area contributed by atoms with Gasteiger partial charge in [0.1, 0.15) is 0 Å². The summed E-state index contributed by atoms with van der Waals surface area (Å²) in [5, 5.41) is 0. The average molecular weight is 463 g/mol. The van der Waals surface area contributed by atoms with E-state index in [-0.39, 0.29) is 17.3 Å². The highest BCUT2D eigenvalue weighted by atomic mass is 32.2. The molecule has 0 N–H and O–H groups in total. The number of alkyl halides is 3. The Labute approximate surface area is 186 Å². The van der Waals surface area contributed by atoms with Crippen molar-refractivity contribution in [3.05, 3.63) is 59.7 Å². The molecule has 2 saturated heterocycles. The van der Waals surface area contributed by atoms with Crippen LogP contribution >= 0.6 is 11.8 Å². The second kappa shape index (κ2) is 7.79. The van der Waals surface area contributed by atoms with Gasteiger partial charge in [0.2, 0.25) is 10.8 Å². The number of fused-ring (bicyclic) bond motifs is 2. The summed E-state index contributed by atoms with van der Waals surface area (Å²) in [4.78, 5) is 30.4. The topological polar surface area (TPSA) is 53.1 Å². The molecule has 32 heavy (non-hydrogen) atoms. The molecule has 0 radical (unpaired) electrons. The van der Waals surface area contributed by atoms with Crippen LogP contribution in [0.25, 0.3) is 0 Å². The minimum Gasteiger partial charge on any atom is -0.379 e. The lowest BCUT2D eigenvalue weighted by Gasteiger charge is -2.35. The number of anilines is 2. The highest BCUT2D eigenvalue weighted by Crippen LogP contribution is 2.55. The van der Waals surface area contributed by atoms with Crippen molar-refractivity contribution in [3.8, 4) is 0 Å². The van der Waals surface area contributed by atoms with Gasteiger partial charge >= 0.3 is 6.18 Å². The fourth-order valence-electron chi connectivity index (χ4n) is 4.46. The number of carbonyl (C=O) groups excluding carboxylic acids is 2. The molecule has 1 atom stereocenters. The van der Waals surface area contributed by atoms with Gasteiger partial charge in [-0.05, 0) is 24.3 Å². The van der Waals surface area contributed by atoms with Crippen molar-refractivity contribution in [3.63, 3.8) is 0 Å². The van der Waals surface area contributed by atoms with Crippen LogP contribution < -0.4 is 9.80 Å². The summed E-state index contributed by atoms with van der Waals surface area (Å²) in [5.41, 5.74) is 0.486. The number of hydrogen-bond acceptors (Lipinski definition) is 5. The quantitative estimate of drug-likeness (QED) is 0.700. The molecule has 0 bridgehead atoms. The minimum absolute atomic E-state index is 0.00170. The summed E-state index contributed by atoms with van der Waals surface area (Å²) in [6.45, 7) is 2.80. The number of halogens is 3. The highest BCUT2D eigenvalue weighted by Gasteiger charge is 2.61. The van der Waals surface area contributed by atoms with Crippen LogP contribution in [0.2, 0.25) is 0 Å². The molecular formula is C22H20F3N3O3S. The molecule has 0 saturated carbocycles. The number of hydrogen-bond donors (Lipinski definition) is 0. The molecule has 1 spiro atoms. The molecule has 3 aliphatic rings. The molecule has 6 nitrogen and oxygen atoms in total. The van der Waals surface area contributed by atoms with E-state index < -0.39 is 22.5 Å². The first-order valence-electron chi connectivity index (χ1n) is 10.2. The van der Waals surface area contributed by atoms with E-state index in [0.717, 1.165) is 23.9 Å². The summed E-state index contributed by atoms with van der Waals surface area (Å²) in [7, 11) is 0. The maximum atomic E-state index is 13.9. The Bertz CT molecular complexity index is 1070. The molecule has 10 heteroatoms. The van der Waals surface area contributed by atoms with Crippen LogP contribution in [0.4, 0.5) is 24.5 Å². The van der Waals surface area contributed by atoms with Crippen molar-refractivity contribution in [2.45, 2.75) is 11.0 Å². The summed E-state index contributed by atoms with van der Waals surface area (Å²) in [6.07, 6.45) is -4.56. The Balaban J connectivity index is 1.59. The largest absolute Gasteiger partial charge is 0.416 e. The van der Waals surface area contributed by atoms with E-state index in [2.05, 4.69) is 4.90 Å². The van der Waals surface area contributed by atoms with E-state index in [1.165, 1.54) is 17.0 Å². The molecular weight excluding hydrogens is 443 g/mol. The zero-order valence-electron chi connectivity index (χ0n) is 17.0.